The Labute approximate surface area is 178 Å². The average molecular weight is 496 g/mol. The van der Waals surface area contributed by atoms with Crippen molar-refractivity contribution in [1.82, 2.24) is 20.2 Å². The fourth-order valence-electron chi connectivity index (χ4n) is 2.16. The van der Waals surface area contributed by atoms with Crippen molar-refractivity contribution in [2.45, 2.75) is 41.9 Å². The molecule has 0 atom stereocenters. The number of carbonyl (C=O) groups is 1. The Morgan fingerprint density at radius 3 is 2.19 bits per heavy atom. The molecule has 0 amide bonds. The zero-order chi connectivity index (χ0) is 24.2. The van der Waals surface area contributed by atoms with Crippen molar-refractivity contribution < 1.29 is 49.0 Å². The molecule has 32 heavy (non-hydrogen) atoms. The zero-order valence-corrected chi connectivity index (χ0v) is 16.4. The number of hydrogen-bond donors (Lipinski definition) is 0. The Morgan fingerprint density at radius 2 is 1.59 bits per heavy atom. The van der Waals surface area contributed by atoms with Crippen LogP contribution >= 0.6 is 11.8 Å². The van der Waals surface area contributed by atoms with Crippen LogP contribution in [0, 0.1) is 0 Å². The summed E-state index contributed by atoms with van der Waals surface area (Å²) in [6.07, 6.45) is -9.58. The number of esters is 1. The fourth-order valence-corrected chi connectivity index (χ4v) is 2.97. The van der Waals surface area contributed by atoms with Crippen LogP contribution in [0.1, 0.15) is 12.8 Å². The van der Waals surface area contributed by atoms with Crippen molar-refractivity contribution in [2.75, 3.05) is 12.4 Å². The number of thioether (sulfide) groups is 1. The maximum Gasteiger partial charge on any atom is 0.460 e. The van der Waals surface area contributed by atoms with E-state index in [2.05, 4.69) is 20.3 Å². The molecule has 1 heterocycles. The van der Waals surface area contributed by atoms with Crippen molar-refractivity contribution in [1.29, 1.82) is 0 Å². The van der Waals surface area contributed by atoms with Crippen LogP contribution in [0.5, 0.6) is 0 Å². The number of alkyl halides is 9. The van der Waals surface area contributed by atoms with E-state index in [-0.39, 0.29) is 10.9 Å². The molecule has 0 unspecified atom stereocenters. The predicted molar refractivity (Wildman–Crippen MR) is 91.0 cm³/mol. The summed E-state index contributed by atoms with van der Waals surface area (Å²) < 4.78 is 120. The minimum Gasteiger partial charge on any atom is -0.465 e. The highest BCUT2D eigenvalue weighted by Gasteiger charge is 2.81. The van der Waals surface area contributed by atoms with Gasteiger partial charge in [-0.25, -0.2) is 0 Å². The standard InChI is InChI=1S/C16H13F9N4O2S/c17-13(18,14(19,20)15(21,22)16(23,24)25)7-8-31-11(30)6-9-32-12-26-27-28-29(12)10-4-2-1-3-5-10/h1-5H,6-9H2. The monoisotopic (exact) mass is 496 g/mol. The van der Waals surface area contributed by atoms with Crippen molar-refractivity contribution >= 4 is 17.7 Å². The van der Waals surface area contributed by atoms with Crippen LogP contribution in [-0.4, -0.2) is 62.5 Å². The molecule has 0 fully saturated rings. The molecule has 0 bridgehead atoms. The highest BCUT2D eigenvalue weighted by atomic mass is 32.2. The van der Waals surface area contributed by atoms with Gasteiger partial charge >= 0.3 is 29.9 Å². The first-order valence-corrected chi connectivity index (χ1v) is 9.51. The van der Waals surface area contributed by atoms with Crippen molar-refractivity contribution in [2.24, 2.45) is 0 Å². The summed E-state index contributed by atoms with van der Waals surface area (Å²) >= 11 is 0.960. The predicted octanol–water partition coefficient (Wildman–Crippen LogP) is 4.55. The van der Waals surface area contributed by atoms with Gasteiger partial charge < -0.3 is 4.74 Å². The lowest BCUT2D eigenvalue weighted by Crippen LogP contribution is -2.61. The van der Waals surface area contributed by atoms with Gasteiger partial charge in [-0.2, -0.15) is 44.2 Å². The van der Waals surface area contributed by atoms with Crippen molar-refractivity contribution in [3.8, 4) is 5.69 Å². The number of carbonyl (C=O) groups excluding carboxylic acids is 1. The second-order valence-corrected chi connectivity index (χ2v) is 7.19. The van der Waals surface area contributed by atoms with Crippen LogP contribution in [0.15, 0.2) is 35.5 Å². The molecule has 2 aromatic rings. The first-order chi connectivity index (χ1) is 14.7. The van der Waals surface area contributed by atoms with Gasteiger partial charge in [-0.05, 0) is 22.6 Å². The van der Waals surface area contributed by atoms with Crippen LogP contribution in [0.3, 0.4) is 0 Å². The van der Waals surface area contributed by atoms with Crippen LogP contribution in [0.4, 0.5) is 39.5 Å². The van der Waals surface area contributed by atoms with Gasteiger partial charge in [0.25, 0.3) is 0 Å². The lowest BCUT2D eigenvalue weighted by Gasteiger charge is -2.33. The summed E-state index contributed by atoms with van der Waals surface area (Å²) in [5, 5.41) is 11.2. The molecule has 0 aliphatic rings. The highest BCUT2D eigenvalue weighted by Crippen LogP contribution is 2.53. The number of ether oxygens (including phenoxy) is 1. The average Bonchev–Trinajstić information content (AvgIpc) is 3.16. The minimum absolute atomic E-state index is 0.0370. The van der Waals surface area contributed by atoms with Gasteiger partial charge in [0.1, 0.15) is 0 Å². The first-order valence-electron chi connectivity index (χ1n) is 8.53. The lowest BCUT2D eigenvalue weighted by molar-refractivity contribution is -0.397. The summed E-state index contributed by atoms with van der Waals surface area (Å²) in [5.41, 5.74) is 0.599. The van der Waals surface area contributed by atoms with E-state index in [9.17, 15) is 44.3 Å². The molecule has 0 saturated carbocycles. The van der Waals surface area contributed by atoms with Crippen LogP contribution in [-0.2, 0) is 9.53 Å². The molecule has 16 heteroatoms. The number of rotatable bonds is 10. The summed E-state index contributed by atoms with van der Waals surface area (Å²) in [5.74, 6) is -20.7. The summed E-state index contributed by atoms with van der Waals surface area (Å²) in [6.45, 7) is -1.50. The summed E-state index contributed by atoms with van der Waals surface area (Å²) in [7, 11) is 0. The van der Waals surface area contributed by atoms with Crippen LogP contribution in [0.25, 0.3) is 5.69 Å². The second kappa shape index (κ2) is 9.54. The van der Waals surface area contributed by atoms with Gasteiger partial charge in [0, 0.05) is 5.75 Å². The topological polar surface area (TPSA) is 69.9 Å². The second-order valence-electron chi connectivity index (χ2n) is 6.13. The van der Waals surface area contributed by atoms with Gasteiger partial charge in [0.2, 0.25) is 5.16 Å². The van der Waals surface area contributed by atoms with E-state index in [0.29, 0.717) is 5.69 Å². The number of nitrogens with zero attached hydrogens (tertiary/aromatic N) is 4. The number of halogens is 9. The number of aromatic nitrogens is 4. The Morgan fingerprint density at radius 1 is 0.969 bits per heavy atom. The number of hydrogen-bond acceptors (Lipinski definition) is 6. The Bertz CT molecular complexity index is 906. The normalized spacial score (nSPS) is 13.3. The van der Waals surface area contributed by atoms with E-state index in [1.54, 1.807) is 30.3 Å². The van der Waals surface area contributed by atoms with E-state index in [1.165, 1.54) is 4.68 Å². The highest BCUT2D eigenvalue weighted by molar-refractivity contribution is 7.99. The molecule has 178 valence electrons. The summed E-state index contributed by atoms with van der Waals surface area (Å²) in [4.78, 5) is 11.6. The van der Waals surface area contributed by atoms with Gasteiger partial charge in [-0.15, -0.1) is 5.10 Å². The molecule has 0 aliphatic heterocycles. The number of benzene rings is 1. The summed E-state index contributed by atoms with van der Waals surface area (Å²) in [6, 6.07) is 8.56. The SMILES string of the molecule is O=C(CCSc1nnnn1-c1ccccc1)OCCC(F)(F)C(F)(F)C(F)(F)C(F)(F)F. The Balaban J connectivity index is 1.84. The number of para-hydroxylation sites is 1. The third-order valence-electron chi connectivity index (χ3n) is 3.87. The third-order valence-corrected chi connectivity index (χ3v) is 4.79. The van der Waals surface area contributed by atoms with Crippen molar-refractivity contribution in [3.05, 3.63) is 30.3 Å². The molecule has 2 rings (SSSR count). The fraction of sp³-hybridized carbons (Fsp3) is 0.500. The Kier molecular flexibility index (Phi) is 7.67. The molecule has 1 aromatic carbocycles. The third kappa shape index (κ3) is 5.45. The van der Waals surface area contributed by atoms with Gasteiger partial charge in [-0.1, -0.05) is 30.0 Å². The Hall–Kier alpha value is -2.52. The molecule has 6 nitrogen and oxygen atoms in total. The maximum atomic E-state index is 13.4. The minimum atomic E-state index is -6.98. The van der Waals surface area contributed by atoms with E-state index in [0.717, 1.165) is 11.8 Å². The maximum absolute atomic E-state index is 13.4. The van der Waals surface area contributed by atoms with Crippen LogP contribution in [0.2, 0.25) is 0 Å². The molecule has 0 saturated heterocycles. The van der Waals surface area contributed by atoms with Crippen LogP contribution < -0.4 is 0 Å². The molecule has 0 spiro atoms. The van der Waals surface area contributed by atoms with Gasteiger partial charge in [-0.3, -0.25) is 4.79 Å². The van der Waals surface area contributed by atoms with E-state index >= 15 is 0 Å². The smallest absolute Gasteiger partial charge is 0.460 e. The van der Waals surface area contributed by atoms with E-state index in [1.807, 2.05) is 0 Å². The molecule has 0 radical (unpaired) electrons. The lowest BCUT2D eigenvalue weighted by atomic mass is 10.0. The van der Waals surface area contributed by atoms with Crippen molar-refractivity contribution in [3.63, 3.8) is 0 Å². The molecular weight excluding hydrogens is 483 g/mol. The number of tetrazole rings is 1. The quantitative estimate of drug-likeness (QED) is 0.273. The molecular formula is C16H13F9N4O2S. The molecule has 1 aromatic heterocycles. The van der Waals surface area contributed by atoms with Gasteiger partial charge in [0.15, 0.2) is 0 Å². The first kappa shape index (κ1) is 25.7. The van der Waals surface area contributed by atoms with E-state index in [4.69, 9.17) is 0 Å². The largest absolute Gasteiger partial charge is 0.465 e. The van der Waals surface area contributed by atoms with Gasteiger partial charge in [0.05, 0.1) is 25.1 Å². The zero-order valence-electron chi connectivity index (χ0n) is 15.6. The molecule has 0 aliphatic carbocycles. The molecule has 0 N–H and O–H groups in total. The van der Waals surface area contributed by atoms with E-state index < -0.39 is 49.4 Å².